The Balaban J connectivity index is 0.000000218. The van der Waals surface area contributed by atoms with Crippen molar-refractivity contribution in [1.29, 1.82) is 0 Å². The molecule has 5 rings (SSSR count). The van der Waals surface area contributed by atoms with E-state index in [1.807, 2.05) is 0 Å². The van der Waals surface area contributed by atoms with Crippen LogP contribution in [0.3, 0.4) is 0 Å². The van der Waals surface area contributed by atoms with E-state index in [0.29, 0.717) is 46.3 Å². The number of carboxylic acid groups (broad SMARTS) is 1. The van der Waals surface area contributed by atoms with E-state index in [9.17, 15) is 39.0 Å². The van der Waals surface area contributed by atoms with Gasteiger partial charge in [-0.1, -0.05) is 31.0 Å². The highest BCUT2D eigenvalue weighted by molar-refractivity contribution is 6.07. The monoisotopic (exact) mass is 657 g/mol. The minimum absolute atomic E-state index is 0.0198. The number of aromatic carboxylic acids is 1. The summed E-state index contributed by atoms with van der Waals surface area (Å²) in [7, 11) is 0. The van der Waals surface area contributed by atoms with Crippen LogP contribution in [0, 0.1) is 5.92 Å². The van der Waals surface area contributed by atoms with Gasteiger partial charge in [-0.3, -0.25) is 19.2 Å². The normalized spacial score (nSPS) is 15.9. The predicted molar refractivity (Wildman–Crippen MR) is 178 cm³/mol. The molecule has 0 saturated carbocycles. The van der Waals surface area contributed by atoms with E-state index >= 15 is 0 Å². The highest BCUT2D eigenvalue weighted by Gasteiger charge is 2.41. The van der Waals surface area contributed by atoms with Crippen LogP contribution in [0.1, 0.15) is 76.1 Å². The number of nitrogens with one attached hydrogen (secondary N) is 1. The van der Waals surface area contributed by atoms with Crippen molar-refractivity contribution in [3.63, 3.8) is 0 Å². The number of Topliss-reactive ketones (excluding diaryl/α,β-unsaturated/α-hetero) is 2. The number of ether oxygens (including phenoxy) is 1. The van der Waals surface area contributed by atoms with Crippen LogP contribution in [0.4, 0.5) is 0 Å². The third-order valence-electron chi connectivity index (χ3n) is 8.24. The zero-order valence-corrected chi connectivity index (χ0v) is 27.1. The average molecular weight is 658 g/mol. The fraction of sp³-hybridized carbons (Fsp3) is 0.351. The van der Waals surface area contributed by atoms with E-state index in [1.165, 1.54) is 30.3 Å². The summed E-state index contributed by atoms with van der Waals surface area (Å²) in [6.45, 7) is 4.98. The van der Waals surface area contributed by atoms with Gasteiger partial charge in [0.05, 0.1) is 11.6 Å². The molecule has 1 saturated heterocycles. The van der Waals surface area contributed by atoms with Gasteiger partial charge in [-0.05, 0) is 69.5 Å². The molecule has 2 aromatic carbocycles. The molecular weight excluding hydrogens is 618 g/mol. The van der Waals surface area contributed by atoms with Crippen molar-refractivity contribution in [2.24, 2.45) is 5.92 Å². The topological polar surface area (TPSA) is 177 Å². The summed E-state index contributed by atoms with van der Waals surface area (Å²) < 4.78 is 10.6. The Kier molecular flexibility index (Phi) is 11.8. The molecule has 0 spiro atoms. The number of carboxylic acids is 1. The molecule has 0 bridgehead atoms. The smallest absolute Gasteiger partial charge is 0.336 e. The number of benzene rings is 3. The molecule has 0 aromatic heterocycles. The summed E-state index contributed by atoms with van der Waals surface area (Å²) in [5, 5.41) is 22.6. The maximum absolute atomic E-state index is 12.0. The molecule has 2 aliphatic heterocycles. The van der Waals surface area contributed by atoms with Gasteiger partial charge in [-0.15, -0.1) is 0 Å². The molecule has 11 nitrogen and oxygen atoms in total. The Hall–Kier alpha value is -5.32. The summed E-state index contributed by atoms with van der Waals surface area (Å²) in [5.41, 5.74) is 2.10. The van der Waals surface area contributed by atoms with Gasteiger partial charge in [-0.25, -0.2) is 4.79 Å². The second-order valence-electron chi connectivity index (χ2n) is 12.0. The number of hydrogen-bond acceptors (Lipinski definition) is 9. The van der Waals surface area contributed by atoms with Crippen molar-refractivity contribution in [3.8, 4) is 28.2 Å². The Morgan fingerprint density at radius 3 is 2.27 bits per heavy atom. The van der Waals surface area contributed by atoms with Crippen molar-refractivity contribution in [2.75, 3.05) is 0 Å². The number of aromatic hydroxyl groups is 1. The van der Waals surface area contributed by atoms with E-state index in [0.717, 1.165) is 25.7 Å². The number of carbonyl (C=O) groups is 5. The summed E-state index contributed by atoms with van der Waals surface area (Å²) >= 11 is 0. The van der Waals surface area contributed by atoms with Crippen LogP contribution in [-0.2, 0) is 23.9 Å². The van der Waals surface area contributed by atoms with Gasteiger partial charge < -0.3 is 29.5 Å². The zero-order chi connectivity index (χ0) is 35.0. The first-order valence-corrected chi connectivity index (χ1v) is 15.9. The van der Waals surface area contributed by atoms with Crippen molar-refractivity contribution >= 4 is 40.4 Å². The minimum atomic E-state index is -1.04. The quantitative estimate of drug-likeness (QED) is 0.0890. The Morgan fingerprint density at radius 1 is 0.896 bits per heavy atom. The van der Waals surface area contributed by atoms with Crippen LogP contribution < -0.4 is 10.7 Å². The first-order valence-electron chi connectivity index (χ1n) is 15.9. The molecule has 3 atom stereocenters. The standard InChI is InChI=1S/C20H12O5.C17H27NO5/c21-11-5-7-15-17(9-11)25-18-10-12(22)6-8-16(18)19(15)13-3-1-2-4-14(13)20(23)24;1-11(19)8-6-4-5-7-9-16(21)18-12(2)15(20)10-14-13(3)23-17(14)22/h1-10,21H,(H,23,24);12-14H,4-10H2,1-3H3,(H,18,21)/t;12-,13-,14+/m.1/s1. The molecule has 2 heterocycles. The van der Waals surface area contributed by atoms with Crippen LogP contribution >= 0.6 is 0 Å². The molecule has 11 heteroatoms. The number of phenols is 1. The van der Waals surface area contributed by atoms with Crippen molar-refractivity contribution < 1.29 is 43.3 Å². The van der Waals surface area contributed by atoms with E-state index in [4.69, 9.17) is 9.15 Å². The minimum Gasteiger partial charge on any atom is -0.508 e. The highest BCUT2D eigenvalue weighted by atomic mass is 16.6. The molecule has 252 valence electrons. The van der Waals surface area contributed by atoms with E-state index in [-0.39, 0.29) is 58.6 Å². The fourth-order valence-electron chi connectivity index (χ4n) is 5.56. The summed E-state index contributed by atoms with van der Waals surface area (Å²) in [4.78, 5) is 69.1. The van der Waals surface area contributed by atoms with Gasteiger partial charge in [-0.2, -0.15) is 0 Å². The number of unbranched alkanes of at least 4 members (excludes halogenated alkanes) is 3. The van der Waals surface area contributed by atoms with E-state index in [2.05, 4.69) is 5.32 Å². The number of hydrogen-bond donors (Lipinski definition) is 3. The number of phenolic OH excluding ortho intramolecular Hbond substituents is 1. The third kappa shape index (κ3) is 8.93. The van der Waals surface area contributed by atoms with Crippen molar-refractivity contribution in [2.45, 2.75) is 77.9 Å². The maximum atomic E-state index is 12.0. The number of esters is 1. The molecule has 0 radical (unpaired) electrons. The lowest BCUT2D eigenvalue weighted by atomic mass is 9.90. The van der Waals surface area contributed by atoms with Crippen LogP contribution in [-0.4, -0.2) is 51.8 Å². The molecule has 3 aliphatic rings. The number of fused-ring (bicyclic) bond motifs is 2. The van der Waals surface area contributed by atoms with Gasteiger partial charge in [0, 0.05) is 47.9 Å². The SMILES string of the molecule is CC(=O)CCCCCCC(=O)N[C@H](C)C(=O)C[C@@H]1C(=O)O[C@@H]1C.O=C(O)c1ccccc1-c1c2ccc(=O)cc-2oc2cc(O)ccc12. The molecule has 2 aromatic rings. The van der Waals surface area contributed by atoms with Crippen molar-refractivity contribution in [3.05, 3.63) is 76.5 Å². The van der Waals surface area contributed by atoms with Crippen LogP contribution in [0.5, 0.6) is 5.75 Å². The Bertz CT molecular complexity index is 1860. The zero-order valence-electron chi connectivity index (χ0n) is 27.1. The molecule has 0 unspecified atom stereocenters. The summed E-state index contributed by atoms with van der Waals surface area (Å²) in [6, 6.07) is 15.1. The Morgan fingerprint density at radius 2 is 1.60 bits per heavy atom. The van der Waals surface area contributed by atoms with Gasteiger partial charge in [0.15, 0.2) is 11.2 Å². The number of carbonyl (C=O) groups excluding carboxylic acids is 4. The lowest BCUT2D eigenvalue weighted by Crippen LogP contribution is -2.47. The molecule has 1 amide bonds. The Labute approximate surface area is 277 Å². The lowest BCUT2D eigenvalue weighted by Gasteiger charge is -2.32. The van der Waals surface area contributed by atoms with Crippen LogP contribution in [0.25, 0.3) is 33.4 Å². The molecule has 1 aliphatic carbocycles. The van der Waals surface area contributed by atoms with Gasteiger partial charge in [0.1, 0.15) is 34.9 Å². The van der Waals surface area contributed by atoms with E-state index < -0.39 is 12.0 Å². The highest BCUT2D eigenvalue weighted by Crippen LogP contribution is 2.41. The number of cyclic esters (lactones) is 1. The number of rotatable bonds is 13. The predicted octanol–water partition coefficient (Wildman–Crippen LogP) is 5.91. The van der Waals surface area contributed by atoms with Gasteiger partial charge >= 0.3 is 11.9 Å². The second-order valence-corrected chi connectivity index (χ2v) is 12.0. The first kappa shape index (κ1) is 35.5. The van der Waals surface area contributed by atoms with Gasteiger partial charge in [0.2, 0.25) is 5.91 Å². The van der Waals surface area contributed by atoms with E-state index in [1.54, 1.807) is 51.1 Å². The molecular formula is C37H39NO10. The molecule has 3 N–H and O–H groups in total. The van der Waals surface area contributed by atoms with Crippen molar-refractivity contribution in [1.82, 2.24) is 5.32 Å². The maximum Gasteiger partial charge on any atom is 0.336 e. The molecule has 48 heavy (non-hydrogen) atoms. The second kappa shape index (κ2) is 16.0. The van der Waals surface area contributed by atoms with Crippen LogP contribution in [0.15, 0.2) is 69.9 Å². The lowest BCUT2D eigenvalue weighted by molar-refractivity contribution is -0.183. The number of ketones is 2. The van der Waals surface area contributed by atoms with Gasteiger partial charge in [0.25, 0.3) is 0 Å². The first-order chi connectivity index (χ1) is 22.8. The third-order valence-corrected chi connectivity index (χ3v) is 8.24. The van der Waals surface area contributed by atoms with Crippen LogP contribution in [0.2, 0.25) is 0 Å². The summed E-state index contributed by atoms with van der Waals surface area (Å²) in [5.74, 6) is -1.50. The largest absolute Gasteiger partial charge is 0.508 e. The summed E-state index contributed by atoms with van der Waals surface area (Å²) in [6.07, 6.45) is 4.31. The molecule has 1 fully saturated rings. The average Bonchev–Trinajstić information content (AvgIpc) is 3.04. The fourth-order valence-corrected chi connectivity index (χ4v) is 5.56. The number of amides is 1.